The molecule has 0 amide bonds. The molecule has 136 valence electrons. The highest BCUT2D eigenvalue weighted by Gasteiger charge is 2.16. The average Bonchev–Trinajstić information content (AvgIpc) is 3.05. The van der Waals surface area contributed by atoms with Crippen LogP contribution in [-0.2, 0) is 6.42 Å². The first-order valence-electron chi connectivity index (χ1n) is 8.38. The van der Waals surface area contributed by atoms with Gasteiger partial charge in [-0.15, -0.1) is 5.10 Å². The third-order valence-corrected chi connectivity index (χ3v) is 4.55. The summed E-state index contributed by atoms with van der Waals surface area (Å²) in [5, 5.41) is 18.8. The van der Waals surface area contributed by atoms with E-state index in [1.807, 2.05) is 38.1 Å². The molecule has 8 heteroatoms. The van der Waals surface area contributed by atoms with Crippen LogP contribution in [0.4, 0.5) is 11.6 Å². The van der Waals surface area contributed by atoms with Gasteiger partial charge in [0, 0.05) is 35.1 Å². The van der Waals surface area contributed by atoms with Crippen molar-refractivity contribution in [2.24, 2.45) is 0 Å². The quantitative estimate of drug-likeness (QED) is 0.559. The Labute approximate surface area is 160 Å². The lowest BCUT2D eigenvalue weighted by Crippen LogP contribution is -2.03. The lowest BCUT2D eigenvalue weighted by atomic mass is 10.1. The Hall–Kier alpha value is -3.19. The maximum absolute atomic E-state index is 10.7. The Kier molecular flexibility index (Phi) is 4.37. The van der Waals surface area contributed by atoms with Crippen LogP contribution in [0.3, 0.4) is 0 Å². The molecule has 0 bridgehead atoms. The normalized spacial score (nSPS) is 11.1. The molecule has 0 fully saturated rings. The Morgan fingerprint density at radius 3 is 2.81 bits per heavy atom. The van der Waals surface area contributed by atoms with Crippen molar-refractivity contribution in [1.29, 1.82) is 0 Å². The Morgan fingerprint density at radius 1 is 1.19 bits per heavy atom. The molecule has 1 aromatic carbocycles. The number of hydrogen-bond acceptors (Lipinski definition) is 6. The molecule has 0 saturated carbocycles. The number of rotatable bonds is 4. The SMILES string of the molecule is Cc1ccc(Cl)cc1Nc1nc2nc(C)c(Cc3cccnc3)c(O)n2n1. The lowest BCUT2D eigenvalue weighted by molar-refractivity contribution is 0.428. The van der Waals surface area contributed by atoms with Crippen LogP contribution in [0.2, 0.25) is 5.02 Å². The van der Waals surface area contributed by atoms with Gasteiger partial charge < -0.3 is 10.4 Å². The molecule has 27 heavy (non-hydrogen) atoms. The molecular weight excluding hydrogens is 364 g/mol. The van der Waals surface area contributed by atoms with Crippen LogP contribution in [0, 0.1) is 13.8 Å². The van der Waals surface area contributed by atoms with Gasteiger partial charge in [-0.05, 0) is 43.2 Å². The summed E-state index contributed by atoms with van der Waals surface area (Å²) in [7, 11) is 0. The lowest BCUT2D eigenvalue weighted by Gasteiger charge is -2.08. The molecule has 0 spiro atoms. The van der Waals surface area contributed by atoms with Crippen LogP contribution >= 0.6 is 11.6 Å². The molecule has 0 aliphatic carbocycles. The smallest absolute Gasteiger partial charge is 0.257 e. The third-order valence-electron chi connectivity index (χ3n) is 4.31. The molecule has 0 unspecified atom stereocenters. The van der Waals surface area contributed by atoms with Crippen molar-refractivity contribution in [2.45, 2.75) is 20.3 Å². The van der Waals surface area contributed by atoms with Crippen LogP contribution in [0.5, 0.6) is 5.88 Å². The number of aryl methyl sites for hydroxylation is 2. The van der Waals surface area contributed by atoms with E-state index in [1.165, 1.54) is 4.52 Å². The maximum atomic E-state index is 10.7. The van der Waals surface area contributed by atoms with Crippen molar-refractivity contribution in [3.8, 4) is 5.88 Å². The summed E-state index contributed by atoms with van der Waals surface area (Å²) in [4.78, 5) is 13.0. The van der Waals surface area contributed by atoms with Gasteiger partial charge in [-0.2, -0.15) is 9.50 Å². The molecule has 0 saturated heterocycles. The Balaban J connectivity index is 1.72. The van der Waals surface area contributed by atoms with Gasteiger partial charge in [-0.3, -0.25) is 4.98 Å². The minimum absolute atomic E-state index is 0.0183. The number of fused-ring (bicyclic) bond motifs is 1. The molecular formula is C19H17ClN6O. The minimum atomic E-state index is 0.0183. The second-order valence-electron chi connectivity index (χ2n) is 6.27. The number of anilines is 2. The zero-order valence-electron chi connectivity index (χ0n) is 14.8. The number of aromatic nitrogens is 5. The van der Waals surface area contributed by atoms with Gasteiger partial charge in [0.05, 0.1) is 5.69 Å². The standard InChI is InChI=1S/C19H17ClN6O/c1-11-5-6-14(20)9-16(11)23-18-24-19-22-12(2)15(17(27)26(19)25-18)8-13-4-3-7-21-10-13/h3-7,9-10,27H,8H2,1-2H3,(H,23,25). The van der Waals surface area contributed by atoms with Crippen molar-refractivity contribution in [2.75, 3.05) is 5.32 Å². The molecule has 4 rings (SSSR count). The van der Waals surface area contributed by atoms with E-state index in [0.29, 0.717) is 34.4 Å². The minimum Gasteiger partial charge on any atom is -0.493 e. The fourth-order valence-electron chi connectivity index (χ4n) is 2.84. The van der Waals surface area contributed by atoms with Gasteiger partial charge in [-0.1, -0.05) is 23.7 Å². The van der Waals surface area contributed by atoms with Crippen molar-refractivity contribution in [1.82, 2.24) is 24.6 Å². The number of benzene rings is 1. The molecule has 7 nitrogen and oxygen atoms in total. The zero-order valence-corrected chi connectivity index (χ0v) is 15.6. The number of halogens is 1. The summed E-state index contributed by atoms with van der Waals surface area (Å²) in [5.41, 5.74) is 4.16. The first kappa shape index (κ1) is 17.2. The van der Waals surface area contributed by atoms with E-state index in [-0.39, 0.29) is 5.88 Å². The van der Waals surface area contributed by atoms with E-state index in [4.69, 9.17) is 11.6 Å². The van der Waals surface area contributed by atoms with E-state index in [9.17, 15) is 5.11 Å². The summed E-state index contributed by atoms with van der Waals surface area (Å²) in [6, 6.07) is 9.34. The topological polar surface area (TPSA) is 88.2 Å². The van der Waals surface area contributed by atoms with Gasteiger partial charge in [0.2, 0.25) is 11.8 Å². The van der Waals surface area contributed by atoms with Gasteiger partial charge in [0.15, 0.2) is 0 Å². The highest BCUT2D eigenvalue weighted by molar-refractivity contribution is 6.30. The molecule has 0 atom stereocenters. The average molecular weight is 381 g/mol. The van der Waals surface area contributed by atoms with Crippen LogP contribution < -0.4 is 5.32 Å². The number of hydrogen-bond donors (Lipinski definition) is 2. The Morgan fingerprint density at radius 2 is 2.04 bits per heavy atom. The Bertz CT molecular complexity index is 1130. The third kappa shape index (κ3) is 3.41. The number of nitrogens with one attached hydrogen (secondary N) is 1. The van der Waals surface area contributed by atoms with Gasteiger partial charge in [0.25, 0.3) is 5.78 Å². The van der Waals surface area contributed by atoms with Gasteiger partial charge >= 0.3 is 0 Å². The fraction of sp³-hybridized carbons (Fsp3) is 0.158. The second-order valence-corrected chi connectivity index (χ2v) is 6.71. The van der Waals surface area contributed by atoms with Gasteiger partial charge in [-0.25, -0.2) is 4.98 Å². The predicted octanol–water partition coefficient (Wildman–Crippen LogP) is 3.83. The first-order valence-corrected chi connectivity index (χ1v) is 8.76. The first-order chi connectivity index (χ1) is 13.0. The highest BCUT2D eigenvalue weighted by atomic mass is 35.5. The van der Waals surface area contributed by atoms with E-state index >= 15 is 0 Å². The molecule has 3 heterocycles. The summed E-state index contributed by atoms with van der Waals surface area (Å²) in [6.45, 7) is 3.80. The summed E-state index contributed by atoms with van der Waals surface area (Å²) < 4.78 is 1.33. The number of nitrogens with zero attached hydrogens (tertiary/aromatic N) is 5. The second kappa shape index (κ2) is 6.85. The van der Waals surface area contributed by atoms with Gasteiger partial charge in [0.1, 0.15) is 0 Å². The maximum Gasteiger partial charge on any atom is 0.257 e. The monoisotopic (exact) mass is 380 g/mol. The van der Waals surface area contributed by atoms with E-state index < -0.39 is 0 Å². The van der Waals surface area contributed by atoms with E-state index in [2.05, 4.69) is 25.4 Å². The number of pyridine rings is 1. The molecule has 3 aromatic heterocycles. The fourth-order valence-corrected chi connectivity index (χ4v) is 3.01. The van der Waals surface area contributed by atoms with Crippen molar-refractivity contribution in [3.05, 3.63) is 70.1 Å². The highest BCUT2D eigenvalue weighted by Crippen LogP contribution is 2.26. The molecule has 2 N–H and O–H groups in total. The van der Waals surface area contributed by atoms with Crippen LogP contribution in [0.1, 0.15) is 22.4 Å². The molecule has 0 aliphatic rings. The summed E-state index contributed by atoms with van der Waals surface area (Å²) >= 11 is 6.06. The van der Waals surface area contributed by atoms with Crippen molar-refractivity contribution < 1.29 is 5.11 Å². The number of aromatic hydroxyl groups is 1. The summed E-state index contributed by atoms with van der Waals surface area (Å²) in [5.74, 6) is 0.674. The molecule has 0 radical (unpaired) electrons. The van der Waals surface area contributed by atoms with Crippen molar-refractivity contribution >= 4 is 29.0 Å². The van der Waals surface area contributed by atoms with E-state index in [1.54, 1.807) is 18.5 Å². The molecule has 0 aliphatic heterocycles. The van der Waals surface area contributed by atoms with Crippen LogP contribution in [0.15, 0.2) is 42.7 Å². The summed E-state index contributed by atoms with van der Waals surface area (Å²) in [6.07, 6.45) is 3.98. The van der Waals surface area contributed by atoms with Crippen LogP contribution in [-0.4, -0.2) is 29.7 Å². The zero-order chi connectivity index (χ0) is 19.0. The van der Waals surface area contributed by atoms with Crippen molar-refractivity contribution in [3.63, 3.8) is 0 Å². The van der Waals surface area contributed by atoms with Crippen LogP contribution in [0.25, 0.3) is 5.78 Å². The van der Waals surface area contributed by atoms with E-state index in [0.717, 1.165) is 16.8 Å². The largest absolute Gasteiger partial charge is 0.493 e. The molecule has 4 aromatic rings. The predicted molar refractivity (Wildman–Crippen MR) is 104 cm³/mol.